The number of amides is 1. The fraction of sp³-hybridized carbons (Fsp3) is 0.923. The molecular formula is C13H27N3O. The molecule has 0 bridgehead atoms. The summed E-state index contributed by atoms with van der Waals surface area (Å²) in [7, 11) is 0. The quantitative estimate of drug-likeness (QED) is 0.698. The Hall–Kier alpha value is -0.610. The van der Waals surface area contributed by atoms with Gasteiger partial charge in [0.15, 0.2) is 0 Å². The van der Waals surface area contributed by atoms with Gasteiger partial charge in [0.2, 0.25) is 5.91 Å². The summed E-state index contributed by atoms with van der Waals surface area (Å²) in [6.45, 7) is 9.02. The molecule has 0 spiro atoms. The van der Waals surface area contributed by atoms with Crippen molar-refractivity contribution >= 4 is 5.91 Å². The number of piperidine rings is 1. The molecule has 0 aliphatic carbocycles. The Morgan fingerprint density at radius 1 is 1.29 bits per heavy atom. The van der Waals surface area contributed by atoms with Crippen molar-refractivity contribution in [3.05, 3.63) is 0 Å². The molecule has 0 aromatic rings. The van der Waals surface area contributed by atoms with Crippen LogP contribution in [0, 0.1) is 0 Å². The second kappa shape index (κ2) is 8.48. The van der Waals surface area contributed by atoms with Crippen LogP contribution in [-0.2, 0) is 4.79 Å². The highest BCUT2D eigenvalue weighted by Crippen LogP contribution is 2.10. The SMILES string of the molecule is CCCCN1CCC(NC(=O)CNCC)CC1. The molecule has 0 saturated carbocycles. The number of nitrogens with zero attached hydrogens (tertiary/aromatic N) is 1. The molecule has 4 heteroatoms. The van der Waals surface area contributed by atoms with E-state index in [-0.39, 0.29) is 5.91 Å². The van der Waals surface area contributed by atoms with Crippen LogP contribution in [-0.4, -0.2) is 49.6 Å². The maximum Gasteiger partial charge on any atom is 0.234 e. The molecule has 1 aliphatic heterocycles. The van der Waals surface area contributed by atoms with Gasteiger partial charge in [-0.1, -0.05) is 20.3 Å². The van der Waals surface area contributed by atoms with Gasteiger partial charge in [0.05, 0.1) is 6.54 Å². The lowest BCUT2D eigenvalue weighted by Gasteiger charge is -2.32. The fourth-order valence-electron chi connectivity index (χ4n) is 2.20. The maximum absolute atomic E-state index is 11.5. The monoisotopic (exact) mass is 241 g/mol. The van der Waals surface area contributed by atoms with Gasteiger partial charge in [-0.2, -0.15) is 0 Å². The number of hydrogen-bond donors (Lipinski definition) is 2. The van der Waals surface area contributed by atoms with E-state index in [0.717, 1.165) is 32.5 Å². The van der Waals surface area contributed by atoms with Crippen LogP contribution in [0.3, 0.4) is 0 Å². The topological polar surface area (TPSA) is 44.4 Å². The van der Waals surface area contributed by atoms with Gasteiger partial charge in [-0.15, -0.1) is 0 Å². The average Bonchev–Trinajstić information content (AvgIpc) is 2.35. The van der Waals surface area contributed by atoms with Gasteiger partial charge in [-0.3, -0.25) is 4.79 Å². The molecule has 0 radical (unpaired) electrons. The number of nitrogens with one attached hydrogen (secondary N) is 2. The highest BCUT2D eigenvalue weighted by molar-refractivity contribution is 5.78. The summed E-state index contributed by atoms with van der Waals surface area (Å²) in [5.74, 6) is 0.138. The molecule has 0 aromatic carbocycles. The van der Waals surface area contributed by atoms with Crippen LogP contribution in [0.25, 0.3) is 0 Å². The standard InChI is InChI=1S/C13H27N3O/c1-3-5-8-16-9-6-12(7-10-16)15-13(17)11-14-4-2/h12,14H,3-11H2,1-2H3,(H,15,17). The number of carbonyl (C=O) groups excluding carboxylic acids is 1. The average molecular weight is 241 g/mol. The van der Waals surface area contributed by atoms with E-state index in [1.165, 1.54) is 19.4 Å². The van der Waals surface area contributed by atoms with Crippen molar-refractivity contribution < 1.29 is 4.79 Å². The Bertz CT molecular complexity index is 213. The van der Waals surface area contributed by atoms with Gasteiger partial charge < -0.3 is 15.5 Å². The Morgan fingerprint density at radius 3 is 2.59 bits per heavy atom. The first kappa shape index (κ1) is 14.5. The van der Waals surface area contributed by atoms with Crippen LogP contribution in [0.15, 0.2) is 0 Å². The van der Waals surface area contributed by atoms with Crippen LogP contribution in [0.2, 0.25) is 0 Å². The molecule has 1 heterocycles. The summed E-state index contributed by atoms with van der Waals surface area (Å²) in [4.78, 5) is 14.0. The van der Waals surface area contributed by atoms with Gasteiger partial charge in [-0.25, -0.2) is 0 Å². The molecule has 1 fully saturated rings. The van der Waals surface area contributed by atoms with Crippen molar-refractivity contribution in [2.75, 3.05) is 32.7 Å². The Labute approximate surface area is 105 Å². The second-order valence-corrected chi connectivity index (χ2v) is 4.82. The molecule has 100 valence electrons. The van der Waals surface area contributed by atoms with E-state index in [1.54, 1.807) is 0 Å². The number of carbonyl (C=O) groups is 1. The third-order valence-electron chi connectivity index (χ3n) is 3.32. The van der Waals surface area contributed by atoms with Crippen LogP contribution in [0.4, 0.5) is 0 Å². The van der Waals surface area contributed by atoms with E-state index in [4.69, 9.17) is 0 Å². The third-order valence-corrected chi connectivity index (χ3v) is 3.32. The third kappa shape index (κ3) is 6.03. The van der Waals surface area contributed by atoms with E-state index in [2.05, 4.69) is 22.5 Å². The lowest BCUT2D eigenvalue weighted by Crippen LogP contribution is -2.47. The van der Waals surface area contributed by atoms with Gasteiger partial charge in [-0.05, 0) is 32.4 Å². The second-order valence-electron chi connectivity index (χ2n) is 4.82. The molecule has 0 atom stereocenters. The highest BCUT2D eigenvalue weighted by Gasteiger charge is 2.19. The van der Waals surface area contributed by atoms with Crippen LogP contribution < -0.4 is 10.6 Å². The van der Waals surface area contributed by atoms with Gasteiger partial charge >= 0.3 is 0 Å². The largest absolute Gasteiger partial charge is 0.352 e. The molecule has 0 aromatic heterocycles. The van der Waals surface area contributed by atoms with E-state index >= 15 is 0 Å². The summed E-state index contributed by atoms with van der Waals surface area (Å²) < 4.78 is 0. The number of hydrogen-bond acceptors (Lipinski definition) is 3. The minimum atomic E-state index is 0.138. The van der Waals surface area contributed by atoms with E-state index in [0.29, 0.717) is 12.6 Å². The Morgan fingerprint density at radius 2 is 2.00 bits per heavy atom. The molecule has 17 heavy (non-hydrogen) atoms. The maximum atomic E-state index is 11.5. The van der Waals surface area contributed by atoms with Crippen molar-refractivity contribution in [2.24, 2.45) is 0 Å². The molecular weight excluding hydrogens is 214 g/mol. The number of rotatable bonds is 7. The highest BCUT2D eigenvalue weighted by atomic mass is 16.1. The van der Waals surface area contributed by atoms with Crippen LogP contribution >= 0.6 is 0 Å². The summed E-state index contributed by atoms with van der Waals surface area (Å²) in [5, 5.41) is 6.15. The predicted octanol–water partition coefficient (Wildman–Crippen LogP) is 0.977. The minimum Gasteiger partial charge on any atom is -0.352 e. The first-order chi connectivity index (χ1) is 8.26. The van der Waals surface area contributed by atoms with Gasteiger partial charge in [0.25, 0.3) is 0 Å². The van der Waals surface area contributed by atoms with Gasteiger partial charge in [0.1, 0.15) is 0 Å². The lowest BCUT2D eigenvalue weighted by atomic mass is 10.0. The molecule has 1 saturated heterocycles. The molecule has 1 rings (SSSR count). The predicted molar refractivity (Wildman–Crippen MR) is 71.1 cm³/mol. The number of likely N-dealkylation sites (tertiary alicyclic amines) is 1. The fourth-order valence-corrected chi connectivity index (χ4v) is 2.20. The van der Waals surface area contributed by atoms with Crippen molar-refractivity contribution in [2.45, 2.75) is 45.6 Å². The number of unbranched alkanes of at least 4 members (excludes halogenated alkanes) is 1. The molecule has 1 amide bonds. The normalized spacial score (nSPS) is 18.2. The van der Waals surface area contributed by atoms with Crippen molar-refractivity contribution in [1.29, 1.82) is 0 Å². The molecule has 0 unspecified atom stereocenters. The molecule has 1 aliphatic rings. The smallest absolute Gasteiger partial charge is 0.234 e. The number of likely N-dealkylation sites (N-methyl/N-ethyl adjacent to an activating group) is 1. The lowest BCUT2D eigenvalue weighted by molar-refractivity contribution is -0.121. The van der Waals surface area contributed by atoms with Crippen molar-refractivity contribution in [3.8, 4) is 0 Å². The van der Waals surface area contributed by atoms with E-state index < -0.39 is 0 Å². The molecule has 2 N–H and O–H groups in total. The summed E-state index contributed by atoms with van der Waals surface area (Å²) in [5.41, 5.74) is 0. The zero-order chi connectivity index (χ0) is 12.5. The summed E-state index contributed by atoms with van der Waals surface area (Å²) in [6.07, 6.45) is 4.75. The minimum absolute atomic E-state index is 0.138. The van der Waals surface area contributed by atoms with E-state index in [1.807, 2.05) is 6.92 Å². The van der Waals surface area contributed by atoms with Crippen LogP contribution in [0.1, 0.15) is 39.5 Å². The van der Waals surface area contributed by atoms with Gasteiger partial charge in [0, 0.05) is 19.1 Å². The van der Waals surface area contributed by atoms with Crippen molar-refractivity contribution in [1.82, 2.24) is 15.5 Å². The Balaban J connectivity index is 2.12. The Kier molecular flexibility index (Phi) is 7.21. The first-order valence-electron chi connectivity index (χ1n) is 6.98. The first-order valence-corrected chi connectivity index (χ1v) is 6.98. The van der Waals surface area contributed by atoms with Crippen LogP contribution in [0.5, 0.6) is 0 Å². The zero-order valence-corrected chi connectivity index (χ0v) is 11.3. The molecule has 4 nitrogen and oxygen atoms in total. The van der Waals surface area contributed by atoms with Crippen molar-refractivity contribution in [3.63, 3.8) is 0 Å². The summed E-state index contributed by atoms with van der Waals surface area (Å²) in [6, 6.07) is 0.388. The summed E-state index contributed by atoms with van der Waals surface area (Å²) >= 11 is 0. The van der Waals surface area contributed by atoms with E-state index in [9.17, 15) is 4.79 Å². The zero-order valence-electron chi connectivity index (χ0n) is 11.3.